The summed E-state index contributed by atoms with van der Waals surface area (Å²) in [4.78, 5) is 19.8. The Kier molecular flexibility index (Phi) is 5.80. The number of morpholine rings is 1. The SMILES string of the molecule is O=C(/C=C/c1ccc(N2CCOCC2)cc1)Nc1ncc(-c2ccccc2)s1. The number of thiazole rings is 1. The zero-order valence-electron chi connectivity index (χ0n) is 15.4. The van der Waals surface area contributed by atoms with Crippen LogP contribution in [0.1, 0.15) is 5.56 Å². The van der Waals surface area contributed by atoms with Gasteiger partial charge in [-0.05, 0) is 29.3 Å². The molecule has 0 saturated carbocycles. The topological polar surface area (TPSA) is 54.5 Å². The Hall–Kier alpha value is -2.96. The van der Waals surface area contributed by atoms with E-state index < -0.39 is 0 Å². The summed E-state index contributed by atoms with van der Waals surface area (Å²) in [6.07, 6.45) is 5.13. The predicted octanol–water partition coefficient (Wildman–Crippen LogP) is 4.30. The van der Waals surface area contributed by atoms with Crippen LogP contribution in [0, 0.1) is 0 Å². The zero-order valence-corrected chi connectivity index (χ0v) is 16.2. The van der Waals surface area contributed by atoms with Gasteiger partial charge in [0, 0.05) is 31.0 Å². The molecule has 1 aliphatic rings. The van der Waals surface area contributed by atoms with Crippen LogP contribution in [0.25, 0.3) is 16.5 Å². The molecule has 1 N–H and O–H groups in total. The summed E-state index contributed by atoms with van der Waals surface area (Å²) in [5.74, 6) is -0.189. The number of carbonyl (C=O) groups is 1. The maximum absolute atomic E-state index is 12.2. The molecule has 2 heterocycles. The van der Waals surface area contributed by atoms with E-state index in [4.69, 9.17) is 4.74 Å². The number of nitrogens with one attached hydrogen (secondary N) is 1. The first-order valence-electron chi connectivity index (χ1n) is 9.21. The lowest BCUT2D eigenvalue weighted by atomic mass is 10.1. The molecule has 0 spiro atoms. The average Bonchev–Trinajstić information content (AvgIpc) is 3.22. The molecule has 3 aromatic rings. The van der Waals surface area contributed by atoms with Crippen LogP contribution in [0.2, 0.25) is 0 Å². The Morgan fingerprint density at radius 2 is 1.82 bits per heavy atom. The lowest BCUT2D eigenvalue weighted by molar-refractivity contribution is -0.111. The molecule has 0 aliphatic carbocycles. The molecule has 1 amide bonds. The van der Waals surface area contributed by atoms with Gasteiger partial charge in [0.25, 0.3) is 0 Å². The minimum Gasteiger partial charge on any atom is -0.378 e. The molecule has 0 atom stereocenters. The van der Waals surface area contributed by atoms with Crippen molar-refractivity contribution in [1.29, 1.82) is 0 Å². The minimum absolute atomic E-state index is 0.189. The van der Waals surface area contributed by atoms with Gasteiger partial charge in [-0.25, -0.2) is 4.98 Å². The van der Waals surface area contributed by atoms with Crippen LogP contribution in [-0.4, -0.2) is 37.2 Å². The quantitative estimate of drug-likeness (QED) is 0.659. The summed E-state index contributed by atoms with van der Waals surface area (Å²) in [6, 6.07) is 18.2. The molecule has 4 rings (SSSR count). The number of aromatic nitrogens is 1. The van der Waals surface area contributed by atoms with E-state index in [2.05, 4.69) is 27.3 Å². The number of carbonyl (C=O) groups excluding carboxylic acids is 1. The van der Waals surface area contributed by atoms with Crippen molar-refractivity contribution < 1.29 is 9.53 Å². The third-order valence-electron chi connectivity index (χ3n) is 4.49. The Balaban J connectivity index is 1.34. The molecular formula is C22H21N3O2S. The maximum atomic E-state index is 12.2. The summed E-state index contributed by atoms with van der Waals surface area (Å²) in [5.41, 5.74) is 3.26. The lowest BCUT2D eigenvalue weighted by Gasteiger charge is -2.28. The largest absolute Gasteiger partial charge is 0.378 e. The standard InChI is InChI=1S/C22H21N3O2S/c26-21(24-22-23-16-20(28-22)18-4-2-1-3-5-18)11-8-17-6-9-19(10-7-17)25-12-14-27-15-13-25/h1-11,16H,12-15H2,(H,23,24,26)/b11-8+. The fraction of sp³-hybridized carbons (Fsp3) is 0.182. The Bertz CT molecular complexity index is 945. The summed E-state index contributed by atoms with van der Waals surface area (Å²) < 4.78 is 5.38. The highest BCUT2D eigenvalue weighted by Gasteiger charge is 2.10. The second-order valence-electron chi connectivity index (χ2n) is 6.41. The van der Waals surface area contributed by atoms with Gasteiger partial charge in [0.05, 0.1) is 18.1 Å². The highest BCUT2D eigenvalue weighted by atomic mass is 32.1. The van der Waals surface area contributed by atoms with Crippen molar-refractivity contribution in [2.24, 2.45) is 0 Å². The molecule has 1 aromatic heterocycles. The van der Waals surface area contributed by atoms with Gasteiger partial charge in [-0.2, -0.15) is 0 Å². The summed E-state index contributed by atoms with van der Waals surface area (Å²) in [6.45, 7) is 3.36. The van der Waals surface area contributed by atoms with Crippen LogP contribution in [0.5, 0.6) is 0 Å². The molecule has 6 heteroatoms. The second-order valence-corrected chi connectivity index (χ2v) is 7.44. The van der Waals surface area contributed by atoms with E-state index in [1.165, 1.54) is 23.1 Å². The lowest BCUT2D eigenvalue weighted by Crippen LogP contribution is -2.36. The highest BCUT2D eigenvalue weighted by molar-refractivity contribution is 7.19. The first-order chi connectivity index (χ1) is 13.8. The number of ether oxygens (including phenoxy) is 1. The molecule has 0 bridgehead atoms. The van der Waals surface area contributed by atoms with Gasteiger partial charge < -0.3 is 9.64 Å². The highest BCUT2D eigenvalue weighted by Crippen LogP contribution is 2.28. The van der Waals surface area contributed by atoms with E-state index in [9.17, 15) is 4.79 Å². The molecule has 1 aliphatic heterocycles. The van der Waals surface area contributed by atoms with E-state index in [1.54, 1.807) is 6.20 Å². The van der Waals surface area contributed by atoms with Crippen molar-refractivity contribution in [3.63, 3.8) is 0 Å². The molecule has 0 unspecified atom stereocenters. The van der Waals surface area contributed by atoms with Crippen LogP contribution < -0.4 is 10.2 Å². The van der Waals surface area contributed by atoms with E-state index in [0.717, 1.165) is 42.3 Å². The van der Waals surface area contributed by atoms with E-state index in [-0.39, 0.29) is 5.91 Å². The molecule has 0 radical (unpaired) electrons. The third-order valence-corrected chi connectivity index (χ3v) is 5.45. The van der Waals surface area contributed by atoms with Crippen LogP contribution in [0.3, 0.4) is 0 Å². The number of amides is 1. The van der Waals surface area contributed by atoms with Gasteiger partial charge in [-0.15, -0.1) is 0 Å². The monoisotopic (exact) mass is 391 g/mol. The normalized spacial score (nSPS) is 14.4. The second kappa shape index (κ2) is 8.82. The Labute approximate surface area is 168 Å². The molecule has 2 aromatic carbocycles. The van der Waals surface area contributed by atoms with Crippen LogP contribution >= 0.6 is 11.3 Å². The van der Waals surface area contributed by atoms with Crippen LogP contribution in [0.4, 0.5) is 10.8 Å². The number of hydrogen-bond donors (Lipinski definition) is 1. The smallest absolute Gasteiger partial charge is 0.250 e. The van der Waals surface area contributed by atoms with Crippen molar-refractivity contribution in [3.05, 3.63) is 72.4 Å². The summed E-state index contributed by atoms with van der Waals surface area (Å²) in [7, 11) is 0. The first kappa shape index (κ1) is 18.4. The van der Waals surface area contributed by atoms with Gasteiger partial charge >= 0.3 is 0 Å². The summed E-state index contributed by atoms with van der Waals surface area (Å²) >= 11 is 1.46. The van der Waals surface area contributed by atoms with Crippen molar-refractivity contribution in [1.82, 2.24) is 4.98 Å². The Morgan fingerprint density at radius 1 is 1.07 bits per heavy atom. The number of benzene rings is 2. The van der Waals surface area contributed by atoms with Crippen LogP contribution in [0.15, 0.2) is 66.9 Å². The van der Waals surface area contributed by atoms with Gasteiger partial charge in [-0.1, -0.05) is 53.8 Å². The number of rotatable bonds is 5. The van der Waals surface area contributed by atoms with E-state index in [0.29, 0.717) is 5.13 Å². The summed E-state index contributed by atoms with van der Waals surface area (Å²) in [5, 5.41) is 3.42. The molecule has 1 saturated heterocycles. The molecule has 1 fully saturated rings. The number of anilines is 2. The fourth-order valence-corrected chi connectivity index (χ4v) is 3.83. The van der Waals surface area contributed by atoms with Crippen molar-refractivity contribution in [3.8, 4) is 10.4 Å². The average molecular weight is 391 g/mol. The van der Waals surface area contributed by atoms with Crippen LogP contribution in [-0.2, 0) is 9.53 Å². The third kappa shape index (κ3) is 4.65. The molecule has 28 heavy (non-hydrogen) atoms. The number of nitrogens with zero attached hydrogens (tertiary/aromatic N) is 2. The Morgan fingerprint density at radius 3 is 2.57 bits per heavy atom. The molecule has 142 valence electrons. The van der Waals surface area contributed by atoms with E-state index in [1.807, 2.05) is 48.5 Å². The predicted molar refractivity (Wildman–Crippen MR) is 115 cm³/mol. The van der Waals surface area contributed by atoms with Gasteiger partial charge in [-0.3, -0.25) is 10.1 Å². The van der Waals surface area contributed by atoms with Crippen molar-refractivity contribution >= 4 is 34.1 Å². The molecule has 5 nitrogen and oxygen atoms in total. The number of hydrogen-bond acceptors (Lipinski definition) is 5. The fourth-order valence-electron chi connectivity index (χ4n) is 3.00. The van der Waals surface area contributed by atoms with Crippen molar-refractivity contribution in [2.45, 2.75) is 0 Å². The van der Waals surface area contributed by atoms with Gasteiger partial charge in [0.1, 0.15) is 0 Å². The first-order valence-corrected chi connectivity index (χ1v) is 10.0. The zero-order chi connectivity index (χ0) is 19.2. The maximum Gasteiger partial charge on any atom is 0.250 e. The minimum atomic E-state index is -0.189. The molecular weight excluding hydrogens is 370 g/mol. The van der Waals surface area contributed by atoms with Gasteiger partial charge in [0.15, 0.2) is 5.13 Å². The van der Waals surface area contributed by atoms with Gasteiger partial charge in [0.2, 0.25) is 5.91 Å². The van der Waals surface area contributed by atoms with E-state index >= 15 is 0 Å². The van der Waals surface area contributed by atoms with Crippen molar-refractivity contribution in [2.75, 3.05) is 36.5 Å².